The van der Waals surface area contributed by atoms with Crippen LogP contribution in [0.25, 0.3) is 0 Å². The summed E-state index contributed by atoms with van der Waals surface area (Å²) in [5.41, 5.74) is 11.3. The molecule has 1 aliphatic carbocycles. The molecule has 0 bridgehead atoms. The highest BCUT2D eigenvalue weighted by molar-refractivity contribution is 8.14. The zero-order chi connectivity index (χ0) is 9.26. The molecule has 4 heteroatoms. The van der Waals surface area contributed by atoms with E-state index in [4.69, 9.17) is 11.5 Å². The number of nitrogens with two attached hydrogens (primary N) is 2. The van der Waals surface area contributed by atoms with Crippen molar-refractivity contribution in [3.63, 3.8) is 0 Å². The summed E-state index contributed by atoms with van der Waals surface area (Å²) in [7, 11) is 0. The zero-order valence-corrected chi connectivity index (χ0v) is 8.59. The fraction of sp³-hybridized carbons (Fsp3) is 0.889. The van der Waals surface area contributed by atoms with Gasteiger partial charge in [0.15, 0.2) is 5.17 Å². The first-order chi connectivity index (χ1) is 6.29. The van der Waals surface area contributed by atoms with E-state index in [9.17, 15) is 0 Å². The van der Waals surface area contributed by atoms with Gasteiger partial charge in [-0.1, -0.05) is 11.8 Å². The third kappa shape index (κ3) is 1.99. The van der Waals surface area contributed by atoms with E-state index in [1.807, 2.05) is 0 Å². The molecule has 13 heavy (non-hydrogen) atoms. The number of aliphatic imine (C=N–C) groups is 1. The summed E-state index contributed by atoms with van der Waals surface area (Å²) in [6, 6.07) is 0.513. The minimum atomic E-state index is 0.513. The zero-order valence-electron chi connectivity index (χ0n) is 7.78. The molecular weight excluding hydrogens is 182 g/mol. The van der Waals surface area contributed by atoms with E-state index in [0.717, 1.165) is 17.6 Å². The summed E-state index contributed by atoms with van der Waals surface area (Å²) >= 11 is 1.77. The Labute approximate surface area is 83.3 Å². The third-order valence-electron chi connectivity index (χ3n) is 3.01. The van der Waals surface area contributed by atoms with Gasteiger partial charge >= 0.3 is 0 Å². The second-order valence-electron chi connectivity index (χ2n) is 3.95. The van der Waals surface area contributed by atoms with Gasteiger partial charge < -0.3 is 11.5 Å². The summed E-state index contributed by atoms with van der Waals surface area (Å²) in [5.74, 6) is 0.819. The van der Waals surface area contributed by atoms with Crippen molar-refractivity contribution in [1.29, 1.82) is 0 Å². The fourth-order valence-corrected chi connectivity index (χ4v) is 3.55. The van der Waals surface area contributed by atoms with Crippen LogP contribution in [0.2, 0.25) is 0 Å². The smallest absolute Gasteiger partial charge is 0.154 e. The van der Waals surface area contributed by atoms with Gasteiger partial charge in [0.1, 0.15) is 0 Å². The molecule has 1 saturated carbocycles. The van der Waals surface area contributed by atoms with Gasteiger partial charge in [-0.25, -0.2) is 0 Å². The molecule has 0 saturated heterocycles. The minimum absolute atomic E-state index is 0.513. The van der Waals surface area contributed by atoms with Gasteiger partial charge in [-0.15, -0.1) is 0 Å². The van der Waals surface area contributed by atoms with Crippen molar-refractivity contribution in [3.8, 4) is 0 Å². The molecule has 3 unspecified atom stereocenters. The molecule has 0 spiro atoms. The summed E-state index contributed by atoms with van der Waals surface area (Å²) < 4.78 is 0. The number of nitrogens with zero attached hydrogens (tertiary/aromatic N) is 1. The van der Waals surface area contributed by atoms with Gasteiger partial charge in [0, 0.05) is 5.25 Å². The maximum atomic E-state index is 5.70. The van der Waals surface area contributed by atoms with Crippen LogP contribution in [0.15, 0.2) is 4.99 Å². The first-order valence-electron chi connectivity index (χ1n) is 4.99. The Morgan fingerprint density at radius 1 is 1.46 bits per heavy atom. The molecule has 0 aromatic heterocycles. The van der Waals surface area contributed by atoms with E-state index in [1.165, 1.54) is 25.7 Å². The van der Waals surface area contributed by atoms with E-state index >= 15 is 0 Å². The summed E-state index contributed by atoms with van der Waals surface area (Å²) in [4.78, 5) is 4.43. The number of fused-ring (bicyclic) bond motifs is 1. The normalized spacial score (nSPS) is 38.5. The van der Waals surface area contributed by atoms with Crippen LogP contribution in [0.1, 0.15) is 25.7 Å². The second-order valence-corrected chi connectivity index (χ2v) is 5.21. The molecule has 1 fully saturated rings. The molecule has 0 aromatic rings. The van der Waals surface area contributed by atoms with Crippen molar-refractivity contribution < 1.29 is 0 Å². The van der Waals surface area contributed by atoms with E-state index < -0.39 is 0 Å². The second kappa shape index (κ2) is 3.88. The van der Waals surface area contributed by atoms with Gasteiger partial charge in [0.05, 0.1) is 6.04 Å². The van der Waals surface area contributed by atoms with Crippen molar-refractivity contribution in [2.45, 2.75) is 37.0 Å². The average molecular weight is 199 g/mol. The standard InChI is InChI=1S/C9H17N3S/c10-4-3-6-1-2-7-8(5-6)13-9(11)12-7/h6-8H,1-5,10H2,(H2,11,12). The molecular formula is C9H17N3S. The monoisotopic (exact) mass is 199 g/mol. The molecule has 3 atom stereocenters. The molecule has 1 aliphatic heterocycles. The van der Waals surface area contributed by atoms with E-state index in [1.54, 1.807) is 11.8 Å². The fourth-order valence-electron chi connectivity index (χ4n) is 2.32. The Morgan fingerprint density at radius 3 is 3.08 bits per heavy atom. The SMILES string of the molecule is NCCC1CCC2N=C(N)SC2C1. The van der Waals surface area contributed by atoms with Crippen LogP contribution in [0.5, 0.6) is 0 Å². The van der Waals surface area contributed by atoms with Crippen molar-refractivity contribution >= 4 is 16.9 Å². The maximum Gasteiger partial charge on any atom is 0.154 e. The Balaban J connectivity index is 1.89. The molecule has 2 aliphatic rings. The van der Waals surface area contributed by atoms with Crippen molar-refractivity contribution in [3.05, 3.63) is 0 Å². The van der Waals surface area contributed by atoms with Crippen LogP contribution in [-0.2, 0) is 0 Å². The van der Waals surface area contributed by atoms with Gasteiger partial charge in [-0.3, -0.25) is 4.99 Å². The highest BCUT2D eigenvalue weighted by Gasteiger charge is 2.34. The Morgan fingerprint density at radius 2 is 2.31 bits per heavy atom. The molecule has 0 aromatic carbocycles. The van der Waals surface area contributed by atoms with Gasteiger partial charge in [-0.05, 0) is 38.1 Å². The number of amidine groups is 1. The van der Waals surface area contributed by atoms with E-state index in [0.29, 0.717) is 11.3 Å². The molecule has 3 nitrogen and oxygen atoms in total. The van der Waals surface area contributed by atoms with Crippen molar-refractivity contribution in [2.24, 2.45) is 22.4 Å². The van der Waals surface area contributed by atoms with Gasteiger partial charge in [-0.2, -0.15) is 0 Å². The average Bonchev–Trinajstić information content (AvgIpc) is 2.44. The van der Waals surface area contributed by atoms with Crippen molar-refractivity contribution in [2.75, 3.05) is 6.54 Å². The lowest BCUT2D eigenvalue weighted by molar-refractivity contribution is 0.326. The van der Waals surface area contributed by atoms with Crippen LogP contribution >= 0.6 is 11.8 Å². The first kappa shape index (κ1) is 9.34. The van der Waals surface area contributed by atoms with Crippen LogP contribution in [0, 0.1) is 5.92 Å². The third-order valence-corrected chi connectivity index (χ3v) is 4.16. The lowest BCUT2D eigenvalue weighted by atomic mass is 9.84. The Hall–Kier alpha value is -0.220. The number of hydrogen-bond donors (Lipinski definition) is 2. The van der Waals surface area contributed by atoms with Crippen molar-refractivity contribution in [1.82, 2.24) is 0 Å². The van der Waals surface area contributed by atoms with Crippen LogP contribution < -0.4 is 11.5 Å². The summed E-state index contributed by atoms with van der Waals surface area (Å²) in [6.45, 7) is 0.822. The van der Waals surface area contributed by atoms with Crippen LogP contribution in [-0.4, -0.2) is 23.0 Å². The Kier molecular flexibility index (Phi) is 2.79. The largest absolute Gasteiger partial charge is 0.379 e. The molecule has 4 N–H and O–H groups in total. The molecule has 74 valence electrons. The quantitative estimate of drug-likeness (QED) is 0.695. The van der Waals surface area contributed by atoms with Gasteiger partial charge in [0.25, 0.3) is 0 Å². The highest BCUT2D eigenvalue weighted by atomic mass is 32.2. The topological polar surface area (TPSA) is 64.4 Å². The van der Waals surface area contributed by atoms with Gasteiger partial charge in [0.2, 0.25) is 0 Å². The number of hydrogen-bond acceptors (Lipinski definition) is 4. The number of thioether (sulfide) groups is 1. The first-order valence-corrected chi connectivity index (χ1v) is 5.87. The Bertz CT molecular complexity index is 217. The predicted octanol–water partition coefficient (Wildman–Crippen LogP) is 0.934. The predicted molar refractivity (Wildman–Crippen MR) is 57.8 cm³/mol. The number of rotatable bonds is 2. The van der Waals surface area contributed by atoms with Crippen LogP contribution in [0.3, 0.4) is 0 Å². The van der Waals surface area contributed by atoms with E-state index in [2.05, 4.69) is 4.99 Å². The molecule has 0 amide bonds. The minimum Gasteiger partial charge on any atom is -0.379 e. The maximum absolute atomic E-state index is 5.70. The summed E-state index contributed by atoms with van der Waals surface area (Å²) in [6.07, 6.45) is 4.93. The highest BCUT2D eigenvalue weighted by Crippen LogP contribution is 2.39. The summed E-state index contributed by atoms with van der Waals surface area (Å²) in [5, 5.41) is 1.45. The van der Waals surface area contributed by atoms with Crippen LogP contribution in [0.4, 0.5) is 0 Å². The lowest BCUT2D eigenvalue weighted by Gasteiger charge is -2.29. The van der Waals surface area contributed by atoms with E-state index in [-0.39, 0.29) is 0 Å². The molecule has 2 rings (SSSR count). The molecule has 1 heterocycles. The lowest BCUT2D eigenvalue weighted by Crippen LogP contribution is -2.28. The molecule has 0 radical (unpaired) electrons.